The average molecular weight is 248 g/mol. The van der Waals surface area contributed by atoms with Crippen molar-refractivity contribution in [2.45, 2.75) is 20.0 Å². The summed E-state index contributed by atoms with van der Waals surface area (Å²) in [4.78, 5) is 11.5. The van der Waals surface area contributed by atoms with Gasteiger partial charge < -0.3 is 16.2 Å². The number of aliphatic hydroxyl groups excluding tert-OH is 1. The quantitative estimate of drug-likeness (QED) is 0.545. The molecule has 18 heavy (non-hydrogen) atoms. The maximum Gasteiger partial charge on any atom is 0.244 e. The zero-order chi connectivity index (χ0) is 13.5. The molecule has 1 amide bonds. The molecule has 0 spiro atoms. The number of anilines is 1. The fraction of sp³-hybridized carbons (Fsp3) is 0.357. The van der Waals surface area contributed by atoms with Gasteiger partial charge in [-0.2, -0.15) is 0 Å². The Morgan fingerprint density at radius 2 is 2.22 bits per heavy atom. The Morgan fingerprint density at radius 3 is 2.83 bits per heavy atom. The first kappa shape index (κ1) is 14.3. The molecule has 1 unspecified atom stereocenters. The molecule has 4 heteroatoms. The number of aliphatic hydroxyl groups is 1. The van der Waals surface area contributed by atoms with Gasteiger partial charge in [-0.15, -0.1) is 0 Å². The zero-order valence-electron chi connectivity index (χ0n) is 10.8. The largest absolute Gasteiger partial charge is 0.399 e. The van der Waals surface area contributed by atoms with E-state index in [2.05, 4.69) is 5.32 Å². The number of hydrogen-bond acceptors (Lipinski definition) is 3. The summed E-state index contributed by atoms with van der Waals surface area (Å²) in [6.07, 6.45) is 2.60. The van der Waals surface area contributed by atoms with Gasteiger partial charge in [-0.1, -0.05) is 26.0 Å². The normalized spacial score (nSPS) is 12.9. The molecule has 1 atom stereocenters. The summed E-state index contributed by atoms with van der Waals surface area (Å²) in [5.41, 5.74) is 7.16. The van der Waals surface area contributed by atoms with Gasteiger partial charge >= 0.3 is 0 Å². The molecule has 0 aliphatic carbocycles. The van der Waals surface area contributed by atoms with Crippen molar-refractivity contribution < 1.29 is 9.90 Å². The van der Waals surface area contributed by atoms with Crippen LogP contribution in [0.5, 0.6) is 0 Å². The van der Waals surface area contributed by atoms with Crippen LogP contribution in [-0.4, -0.2) is 23.7 Å². The Kier molecular flexibility index (Phi) is 5.39. The monoisotopic (exact) mass is 248 g/mol. The van der Waals surface area contributed by atoms with Gasteiger partial charge in [0.05, 0.1) is 6.10 Å². The summed E-state index contributed by atoms with van der Waals surface area (Å²) in [6, 6.07) is 7.27. The minimum Gasteiger partial charge on any atom is -0.399 e. The summed E-state index contributed by atoms with van der Waals surface area (Å²) in [6.45, 7) is 4.07. The van der Waals surface area contributed by atoms with Crippen LogP contribution >= 0.6 is 0 Å². The second-order valence-electron chi connectivity index (χ2n) is 4.56. The van der Waals surface area contributed by atoms with Crippen molar-refractivity contribution in [3.8, 4) is 0 Å². The van der Waals surface area contributed by atoms with E-state index in [4.69, 9.17) is 5.73 Å². The maximum atomic E-state index is 11.5. The van der Waals surface area contributed by atoms with Crippen LogP contribution < -0.4 is 11.1 Å². The predicted molar refractivity (Wildman–Crippen MR) is 73.7 cm³/mol. The van der Waals surface area contributed by atoms with Crippen LogP contribution in [0.2, 0.25) is 0 Å². The summed E-state index contributed by atoms with van der Waals surface area (Å²) >= 11 is 0. The van der Waals surface area contributed by atoms with Gasteiger partial charge in [-0.05, 0) is 29.7 Å². The summed E-state index contributed by atoms with van der Waals surface area (Å²) in [7, 11) is 0. The molecule has 0 aromatic heterocycles. The molecule has 98 valence electrons. The molecule has 4 N–H and O–H groups in total. The second-order valence-corrected chi connectivity index (χ2v) is 4.56. The van der Waals surface area contributed by atoms with E-state index in [1.807, 2.05) is 26.0 Å². The predicted octanol–water partition coefficient (Wildman–Crippen LogP) is 1.42. The van der Waals surface area contributed by atoms with Gasteiger partial charge in [-0.25, -0.2) is 0 Å². The molecular weight excluding hydrogens is 228 g/mol. The molecule has 0 fully saturated rings. The number of carbonyl (C=O) groups is 1. The Hall–Kier alpha value is -1.81. The molecule has 0 bridgehead atoms. The van der Waals surface area contributed by atoms with Crippen LogP contribution in [0.3, 0.4) is 0 Å². The maximum absolute atomic E-state index is 11.5. The lowest BCUT2D eigenvalue weighted by Gasteiger charge is -2.13. The van der Waals surface area contributed by atoms with Gasteiger partial charge in [0.25, 0.3) is 0 Å². The first-order valence-electron chi connectivity index (χ1n) is 5.98. The van der Waals surface area contributed by atoms with Crippen molar-refractivity contribution in [1.82, 2.24) is 5.32 Å². The van der Waals surface area contributed by atoms with Gasteiger partial charge in [0.2, 0.25) is 5.91 Å². The SMILES string of the molecule is CC(C)C(O)CNC(=O)/C=C/c1cccc(N)c1. The lowest BCUT2D eigenvalue weighted by Crippen LogP contribution is -2.33. The molecule has 1 aromatic rings. The van der Waals surface area contributed by atoms with Crippen molar-refractivity contribution in [3.63, 3.8) is 0 Å². The fourth-order valence-electron chi connectivity index (χ4n) is 1.33. The second kappa shape index (κ2) is 6.81. The van der Waals surface area contributed by atoms with Crippen LogP contribution in [-0.2, 0) is 4.79 Å². The number of rotatable bonds is 5. The van der Waals surface area contributed by atoms with Gasteiger partial charge in [0.15, 0.2) is 0 Å². The highest BCUT2D eigenvalue weighted by Crippen LogP contribution is 2.07. The van der Waals surface area contributed by atoms with Crippen LogP contribution in [0.4, 0.5) is 5.69 Å². The number of benzene rings is 1. The van der Waals surface area contributed by atoms with Crippen LogP contribution in [0, 0.1) is 5.92 Å². The third-order valence-electron chi connectivity index (χ3n) is 2.59. The summed E-state index contributed by atoms with van der Waals surface area (Å²) < 4.78 is 0. The fourth-order valence-corrected chi connectivity index (χ4v) is 1.33. The minimum atomic E-state index is -0.519. The highest BCUT2D eigenvalue weighted by atomic mass is 16.3. The Bertz CT molecular complexity index is 428. The van der Waals surface area contributed by atoms with Crippen molar-refractivity contribution in [1.29, 1.82) is 0 Å². The van der Waals surface area contributed by atoms with E-state index in [9.17, 15) is 9.90 Å². The van der Waals surface area contributed by atoms with E-state index >= 15 is 0 Å². The van der Waals surface area contributed by atoms with Crippen LogP contribution in [0.1, 0.15) is 19.4 Å². The smallest absolute Gasteiger partial charge is 0.244 e. The van der Waals surface area contributed by atoms with E-state index in [-0.39, 0.29) is 18.4 Å². The van der Waals surface area contributed by atoms with E-state index < -0.39 is 6.10 Å². The topological polar surface area (TPSA) is 75.3 Å². The molecule has 4 nitrogen and oxygen atoms in total. The molecule has 0 saturated carbocycles. The zero-order valence-corrected chi connectivity index (χ0v) is 10.8. The van der Waals surface area contributed by atoms with Crippen LogP contribution in [0.15, 0.2) is 30.3 Å². The Balaban J connectivity index is 2.45. The lowest BCUT2D eigenvalue weighted by molar-refractivity contribution is -0.117. The Morgan fingerprint density at radius 1 is 1.50 bits per heavy atom. The molecule has 0 saturated heterocycles. The van der Waals surface area contributed by atoms with E-state index in [0.717, 1.165) is 5.56 Å². The highest BCUT2D eigenvalue weighted by Gasteiger charge is 2.09. The average Bonchev–Trinajstić information content (AvgIpc) is 2.33. The number of hydrogen-bond donors (Lipinski definition) is 3. The highest BCUT2D eigenvalue weighted by molar-refractivity contribution is 5.91. The first-order chi connectivity index (χ1) is 8.49. The first-order valence-corrected chi connectivity index (χ1v) is 5.98. The lowest BCUT2D eigenvalue weighted by atomic mass is 10.1. The van der Waals surface area contributed by atoms with Gasteiger partial charge in [0.1, 0.15) is 0 Å². The number of amides is 1. The van der Waals surface area contributed by atoms with Crippen LogP contribution in [0.25, 0.3) is 6.08 Å². The van der Waals surface area contributed by atoms with Crippen molar-refractivity contribution >= 4 is 17.7 Å². The van der Waals surface area contributed by atoms with Gasteiger partial charge in [-0.3, -0.25) is 4.79 Å². The van der Waals surface area contributed by atoms with Crippen molar-refractivity contribution in [2.24, 2.45) is 5.92 Å². The third-order valence-corrected chi connectivity index (χ3v) is 2.59. The van der Waals surface area contributed by atoms with Crippen molar-refractivity contribution in [2.75, 3.05) is 12.3 Å². The van der Waals surface area contributed by atoms with Crippen molar-refractivity contribution in [3.05, 3.63) is 35.9 Å². The summed E-state index contributed by atoms with van der Waals surface area (Å²) in [5.74, 6) is -0.0969. The van der Waals surface area contributed by atoms with Gasteiger partial charge in [0, 0.05) is 18.3 Å². The molecule has 1 rings (SSSR count). The molecule has 0 heterocycles. The number of carbonyl (C=O) groups excluding carboxylic acids is 1. The Labute approximate surface area is 108 Å². The van der Waals surface area contributed by atoms with E-state index in [0.29, 0.717) is 5.69 Å². The number of nitrogens with two attached hydrogens (primary N) is 1. The third kappa shape index (κ3) is 5.01. The molecular formula is C14H20N2O2. The number of nitrogens with one attached hydrogen (secondary N) is 1. The molecule has 0 aliphatic heterocycles. The van der Waals surface area contributed by atoms with E-state index in [1.54, 1.807) is 18.2 Å². The molecule has 0 aliphatic rings. The van der Waals surface area contributed by atoms with E-state index in [1.165, 1.54) is 6.08 Å². The summed E-state index contributed by atoms with van der Waals surface area (Å²) in [5, 5.41) is 12.2. The molecule has 0 radical (unpaired) electrons. The minimum absolute atomic E-state index is 0.128. The number of nitrogen functional groups attached to an aromatic ring is 1. The molecule has 1 aromatic carbocycles. The standard InChI is InChI=1S/C14H20N2O2/c1-10(2)13(17)9-16-14(18)7-6-11-4-3-5-12(15)8-11/h3-8,10,13,17H,9,15H2,1-2H3,(H,16,18)/b7-6+.